The van der Waals surface area contributed by atoms with Gasteiger partial charge in [0.25, 0.3) is 0 Å². The second-order valence-corrected chi connectivity index (χ2v) is 4.38. The van der Waals surface area contributed by atoms with E-state index in [1.165, 1.54) is 0 Å². The summed E-state index contributed by atoms with van der Waals surface area (Å²) in [4.78, 5) is 2.08. The van der Waals surface area contributed by atoms with Gasteiger partial charge in [0.15, 0.2) is 0 Å². The van der Waals surface area contributed by atoms with E-state index in [1.54, 1.807) is 11.8 Å². The molecule has 1 rings (SSSR count). The average molecular weight is 196 g/mol. The Morgan fingerprint density at radius 2 is 2.60 bits per heavy atom. The van der Waals surface area contributed by atoms with Gasteiger partial charge in [-0.3, -0.25) is 0 Å². The van der Waals surface area contributed by atoms with E-state index in [0.29, 0.717) is 0 Å². The van der Waals surface area contributed by atoms with E-state index < -0.39 is 0 Å². The fraction of sp³-hybridized carbons (Fsp3) is 0.833. The summed E-state index contributed by atoms with van der Waals surface area (Å²) < 4.78 is 0.960. The number of alkyl halides is 1. The molecule has 0 aromatic heterocycles. The molecule has 0 spiro atoms. The number of nitrogens with zero attached hydrogens (tertiary/aromatic N) is 1. The topological polar surface area (TPSA) is 3.24 Å². The molecule has 1 aliphatic heterocycles. The molecule has 1 nitrogen and oxygen atoms in total. The summed E-state index contributed by atoms with van der Waals surface area (Å²) >= 11 is 12.8. The number of rotatable bonds is 2. The zero-order valence-electron chi connectivity index (χ0n) is 5.84. The molecule has 10 heavy (non-hydrogen) atoms. The van der Waals surface area contributed by atoms with Gasteiger partial charge in [-0.05, 0) is 6.42 Å². The lowest BCUT2D eigenvalue weighted by molar-refractivity contribution is 0.424. The van der Waals surface area contributed by atoms with Gasteiger partial charge in [-0.15, -0.1) is 0 Å². The zero-order chi connectivity index (χ0) is 7.56. The Balaban J connectivity index is 2.46. The lowest BCUT2D eigenvalue weighted by Gasteiger charge is -2.21. The van der Waals surface area contributed by atoms with E-state index >= 15 is 0 Å². The van der Waals surface area contributed by atoms with Gasteiger partial charge in [-0.1, -0.05) is 42.5 Å². The van der Waals surface area contributed by atoms with Crippen LogP contribution in [-0.4, -0.2) is 27.0 Å². The highest BCUT2D eigenvalue weighted by Gasteiger charge is 2.22. The summed E-state index contributed by atoms with van der Waals surface area (Å²) in [7, 11) is 0. The summed E-state index contributed by atoms with van der Waals surface area (Å²) in [6.45, 7) is 3.09. The van der Waals surface area contributed by atoms with Gasteiger partial charge < -0.3 is 4.90 Å². The number of halogens is 1. The molecule has 1 aliphatic rings. The van der Waals surface area contributed by atoms with Crippen LogP contribution in [0.25, 0.3) is 0 Å². The van der Waals surface area contributed by atoms with Crippen LogP contribution in [0.3, 0.4) is 0 Å². The van der Waals surface area contributed by atoms with E-state index in [0.717, 1.165) is 23.0 Å². The van der Waals surface area contributed by atoms with E-state index in [9.17, 15) is 0 Å². The summed E-state index contributed by atoms with van der Waals surface area (Å²) in [5.74, 6) is 1.10. The third-order valence-electron chi connectivity index (χ3n) is 1.47. The predicted molar refractivity (Wildman–Crippen MR) is 51.7 cm³/mol. The maximum Gasteiger partial charge on any atom is 0.137 e. The summed E-state index contributed by atoms with van der Waals surface area (Å²) in [5, 5.41) is 0. The molecular formula is C6H10ClNS2. The van der Waals surface area contributed by atoms with Crippen molar-refractivity contribution in [1.82, 2.24) is 4.90 Å². The van der Waals surface area contributed by atoms with E-state index in [-0.39, 0.29) is 5.50 Å². The minimum Gasteiger partial charge on any atom is -0.340 e. The molecule has 0 aromatic rings. The molecule has 1 saturated heterocycles. The van der Waals surface area contributed by atoms with Crippen LogP contribution in [-0.2, 0) is 0 Å². The van der Waals surface area contributed by atoms with Crippen LogP contribution in [0.5, 0.6) is 0 Å². The molecule has 58 valence electrons. The number of thiocarbonyl (C=S) groups is 1. The van der Waals surface area contributed by atoms with Crippen molar-refractivity contribution in [2.45, 2.75) is 18.8 Å². The lowest BCUT2D eigenvalue weighted by atomic mass is 10.4. The molecule has 0 bridgehead atoms. The van der Waals surface area contributed by atoms with Crippen LogP contribution in [0.1, 0.15) is 13.3 Å². The van der Waals surface area contributed by atoms with Crippen LogP contribution >= 0.6 is 35.6 Å². The second-order valence-electron chi connectivity index (χ2n) is 2.15. The first-order valence-corrected chi connectivity index (χ1v) is 5.16. The Bertz CT molecular complexity index is 140. The molecule has 1 fully saturated rings. The van der Waals surface area contributed by atoms with Gasteiger partial charge in [0, 0.05) is 12.3 Å². The standard InChI is InChI=1S/C6H10ClNS2/c1-2-5(7)8-3-4-10-6(8)9/h5H,2-4H2,1H3. The maximum atomic E-state index is 5.99. The SMILES string of the molecule is CCC(Cl)N1CCSC1=S. The van der Waals surface area contributed by atoms with Crippen LogP contribution in [0, 0.1) is 0 Å². The van der Waals surface area contributed by atoms with Crippen LogP contribution < -0.4 is 0 Å². The first kappa shape index (κ1) is 8.62. The molecular weight excluding hydrogens is 186 g/mol. The quantitative estimate of drug-likeness (QED) is 0.378. The molecule has 0 amide bonds. The molecule has 1 unspecified atom stereocenters. The fourth-order valence-electron chi connectivity index (χ4n) is 0.880. The minimum absolute atomic E-state index is 0.113. The van der Waals surface area contributed by atoms with Crippen molar-refractivity contribution in [2.24, 2.45) is 0 Å². The highest BCUT2D eigenvalue weighted by Crippen LogP contribution is 2.23. The largest absolute Gasteiger partial charge is 0.340 e. The van der Waals surface area contributed by atoms with Crippen molar-refractivity contribution in [1.29, 1.82) is 0 Å². The van der Waals surface area contributed by atoms with Crippen molar-refractivity contribution in [2.75, 3.05) is 12.3 Å². The molecule has 1 atom stereocenters. The first-order chi connectivity index (χ1) is 4.75. The summed E-state index contributed by atoms with van der Waals surface area (Å²) in [6.07, 6.45) is 0.961. The number of hydrogen-bond donors (Lipinski definition) is 0. The lowest BCUT2D eigenvalue weighted by Crippen LogP contribution is -2.30. The Morgan fingerprint density at radius 3 is 3.00 bits per heavy atom. The van der Waals surface area contributed by atoms with Gasteiger partial charge in [0.1, 0.15) is 9.82 Å². The zero-order valence-corrected chi connectivity index (χ0v) is 8.23. The van der Waals surface area contributed by atoms with Gasteiger partial charge in [0.2, 0.25) is 0 Å². The monoisotopic (exact) mass is 195 g/mol. The van der Waals surface area contributed by atoms with Gasteiger partial charge in [-0.25, -0.2) is 0 Å². The van der Waals surface area contributed by atoms with Gasteiger partial charge in [0.05, 0.1) is 0 Å². The Morgan fingerprint density at radius 1 is 1.90 bits per heavy atom. The molecule has 0 saturated carbocycles. The molecule has 0 N–H and O–H groups in total. The molecule has 0 aromatic carbocycles. The van der Waals surface area contributed by atoms with Crippen LogP contribution in [0.15, 0.2) is 0 Å². The molecule has 0 aliphatic carbocycles. The normalized spacial score (nSPS) is 21.8. The minimum atomic E-state index is 0.113. The van der Waals surface area contributed by atoms with Crippen molar-refractivity contribution in [3.8, 4) is 0 Å². The Labute approximate surface area is 76.1 Å². The van der Waals surface area contributed by atoms with Crippen molar-refractivity contribution < 1.29 is 0 Å². The van der Waals surface area contributed by atoms with Crippen LogP contribution in [0.4, 0.5) is 0 Å². The summed E-state index contributed by atoms with van der Waals surface area (Å²) in [6, 6.07) is 0. The molecule has 1 heterocycles. The van der Waals surface area contributed by atoms with Crippen molar-refractivity contribution >= 4 is 39.9 Å². The second kappa shape index (κ2) is 3.79. The predicted octanol–water partition coefficient (Wildman–Crippen LogP) is 2.29. The molecule has 0 radical (unpaired) electrons. The highest BCUT2D eigenvalue weighted by molar-refractivity contribution is 8.23. The average Bonchev–Trinajstić information content (AvgIpc) is 2.34. The van der Waals surface area contributed by atoms with Crippen molar-refractivity contribution in [3.63, 3.8) is 0 Å². The van der Waals surface area contributed by atoms with Crippen LogP contribution in [0.2, 0.25) is 0 Å². The van der Waals surface area contributed by atoms with Crippen molar-refractivity contribution in [3.05, 3.63) is 0 Å². The highest BCUT2D eigenvalue weighted by atomic mass is 35.5. The smallest absolute Gasteiger partial charge is 0.137 e. The maximum absolute atomic E-state index is 5.99. The fourth-order valence-corrected chi connectivity index (χ4v) is 2.51. The van der Waals surface area contributed by atoms with E-state index in [1.807, 2.05) is 0 Å². The third kappa shape index (κ3) is 1.77. The number of thioether (sulfide) groups is 1. The van der Waals surface area contributed by atoms with E-state index in [4.69, 9.17) is 23.8 Å². The Hall–Kier alpha value is 0.530. The Kier molecular flexibility index (Phi) is 3.27. The third-order valence-corrected chi connectivity index (χ3v) is 3.47. The van der Waals surface area contributed by atoms with E-state index in [2.05, 4.69) is 11.8 Å². The first-order valence-electron chi connectivity index (χ1n) is 3.33. The van der Waals surface area contributed by atoms with Gasteiger partial charge in [-0.2, -0.15) is 0 Å². The summed E-state index contributed by atoms with van der Waals surface area (Å²) in [5.41, 5.74) is 0.113. The number of hydrogen-bond acceptors (Lipinski definition) is 2. The van der Waals surface area contributed by atoms with Gasteiger partial charge >= 0.3 is 0 Å². The molecule has 4 heteroatoms.